The van der Waals surface area contributed by atoms with Crippen molar-refractivity contribution in [2.45, 2.75) is 11.8 Å². The number of halogens is 1. The van der Waals surface area contributed by atoms with E-state index in [0.29, 0.717) is 5.02 Å². The van der Waals surface area contributed by atoms with E-state index >= 15 is 0 Å². The van der Waals surface area contributed by atoms with Crippen LogP contribution in [0, 0.1) is 0 Å². The molecule has 0 saturated heterocycles. The van der Waals surface area contributed by atoms with Crippen molar-refractivity contribution in [3.63, 3.8) is 0 Å². The summed E-state index contributed by atoms with van der Waals surface area (Å²) in [7, 11) is -3.88. The smallest absolute Gasteiger partial charge is 0.341 e. The van der Waals surface area contributed by atoms with E-state index in [2.05, 4.69) is 9.71 Å². The molecule has 1 aromatic carbocycles. The monoisotopic (exact) mass is 340 g/mol. The van der Waals surface area contributed by atoms with Crippen LogP contribution in [-0.2, 0) is 14.8 Å². The van der Waals surface area contributed by atoms with Crippen molar-refractivity contribution in [1.29, 1.82) is 0 Å². The van der Waals surface area contributed by atoms with Gasteiger partial charge in [-0.25, -0.2) is 18.2 Å². The van der Waals surface area contributed by atoms with Crippen LogP contribution in [0.4, 0.5) is 5.82 Å². The molecule has 0 aliphatic heterocycles. The Morgan fingerprint density at radius 1 is 1.27 bits per heavy atom. The topological polar surface area (TPSA) is 85.4 Å². The number of carbonyl (C=O) groups excluding carboxylic acids is 1. The zero-order valence-electron chi connectivity index (χ0n) is 11.6. The van der Waals surface area contributed by atoms with Crippen LogP contribution in [0.2, 0.25) is 5.02 Å². The summed E-state index contributed by atoms with van der Waals surface area (Å²) in [5.74, 6) is -0.736. The molecule has 0 spiro atoms. The predicted octanol–water partition coefficient (Wildman–Crippen LogP) is 2.71. The fourth-order valence-corrected chi connectivity index (χ4v) is 2.82. The highest BCUT2D eigenvalue weighted by Crippen LogP contribution is 2.20. The molecule has 0 aliphatic rings. The Morgan fingerprint density at radius 3 is 2.59 bits per heavy atom. The molecule has 116 valence electrons. The number of nitrogens with one attached hydrogen (secondary N) is 1. The molecule has 0 aliphatic carbocycles. The van der Waals surface area contributed by atoms with Crippen molar-refractivity contribution >= 4 is 33.4 Å². The van der Waals surface area contributed by atoms with Crippen LogP contribution in [-0.4, -0.2) is 26.0 Å². The lowest BCUT2D eigenvalue weighted by molar-refractivity contribution is 0.0527. The minimum Gasteiger partial charge on any atom is -0.462 e. The number of ether oxygens (including phenoxy) is 1. The fraction of sp³-hybridized carbons (Fsp3) is 0.143. The molecule has 0 bridgehead atoms. The Bertz CT molecular complexity index is 776. The van der Waals surface area contributed by atoms with Crippen molar-refractivity contribution in [2.24, 2.45) is 0 Å². The number of rotatable bonds is 5. The summed E-state index contributed by atoms with van der Waals surface area (Å²) in [6, 6.07) is 8.59. The van der Waals surface area contributed by atoms with Gasteiger partial charge in [0.1, 0.15) is 5.56 Å². The first-order valence-electron chi connectivity index (χ1n) is 6.34. The second-order valence-electron chi connectivity index (χ2n) is 4.18. The molecule has 2 rings (SSSR count). The van der Waals surface area contributed by atoms with Gasteiger partial charge in [-0.1, -0.05) is 11.6 Å². The van der Waals surface area contributed by atoms with Crippen molar-refractivity contribution in [3.8, 4) is 0 Å². The van der Waals surface area contributed by atoms with Crippen molar-refractivity contribution in [1.82, 2.24) is 4.98 Å². The third-order valence-electron chi connectivity index (χ3n) is 2.66. The second-order valence-corrected chi connectivity index (χ2v) is 6.30. The maximum atomic E-state index is 12.3. The van der Waals surface area contributed by atoms with Gasteiger partial charge >= 0.3 is 5.97 Å². The van der Waals surface area contributed by atoms with Gasteiger partial charge in [-0.3, -0.25) is 4.72 Å². The summed E-state index contributed by atoms with van der Waals surface area (Å²) >= 11 is 5.73. The normalized spacial score (nSPS) is 11.0. The van der Waals surface area contributed by atoms with Gasteiger partial charge in [-0.2, -0.15) is 0 Å². The highest BCUT2D eigenvalue weighted by molar-refractivity contribution is 7.92. The molecule has 0 fully saturated rings. The van der Waals surface area contributed by atoms with Gasteiger partial charge in [-0.15, -0.1) is 0 Å². The quantitative estimate of drug-likeness (QED) is 0.846. The molecule has 1 aromatic heterocycles. The molecule has 6 nitrogen and oxygen atoms in total. The first-order valence-corrected chi connectivity index (χ1v) is 8.20. The summed E-state index contributed by atoms with van der Waals surface area (Å²) in [6.45, 7) is 1.84. The van der Waals surface area contributed by atoms with E-state index in [0.717, 1.165) is 0 Å². The number of aromatic nitrogens is 1. The molecule has 0 amide bonds. The van der Waals surface area contributed by atoms with E-state index in [1.807, 2.05) is 0 Å². The zero-order valence-corrected chi connectivity index (χ0v) is 13.2. The number of nitrogens with zero attached hydrogens (tertiary/aromatic N) is 1. The Labute approximate surface area is 133 Å². The number of hydrogen-bond donors (Lipinski definition) is 1. The average Bonchev–Trinajstić information content (AvgIpc) is 2.48. The van der Waals surface area contributed by atoms with E-state index in [1.165, 1.54) is 42.6 Å². The van der Waals surface area contributed by atoms with Crippen LogP contribution in [0.3, 0.4) is 0 Å². The summed E-state index contributed by atoms with van der Waals surface area (Å²) in [5, 5.41) is 0.420. The van der Waals surface area contributed by atoms with E-state index in [4.69, 9.17) is 16.3 Å². The molecular weight excluding hydrogens is 328 g/mol. The van der Waals surface area contributed by atoms with E-state index in [-0.39, 0.29) is 22.9 Å². The van der Waals surface area contributed by atoms with Gasteiger partial charge in [-0.05, 0) is 43.3 Å². The molecule has 2 aromatic rings. The SMILES string of the molecule is CCOC(=O)c1cccnc1NS(=O)(=O)c1ccc(Cl)cc1. The standard InChI is InChI=1S/C14H13ClN2O4S/c1-2-21-14(18)12-4-3-9-16-13(12)17-22(19,20)11-7-5-10(15)6-8-11/h3-9H,2H2,1H3,(H,16,17). The molecule has 0 atom stereocenters. The molecule has 0 unspecified atom stereocenters. The maximum absolute atomic E-state index is 12.3. The highest BCUT2D eigenvalue weighted by atomic mass is 35.5. The van der Waals surface area contributed by atoms with Crippen LogP contribution >= 0.6 is 11.6 Å². The van der Waals surface area contributed by atoms with Crippen LogP contribution in [0.5, 0.6) is 0 Å². The first-order chi connectivity index (χ1) is 10.4. The highest BCUT2D eigenvalue weighted by Gasteiger charge is 2.20. The number of pyridine rings is 1. The van der Waals surface area contributed by atoms with Crippen molar-refractivity contribution in [2.75, 3.05) is 11.3 Å². The molecule has 0 radical (unpaired) electrons. The van der Waals surface area contributed by atoms with Gasteiger partial charge in [0, 0.05) is 11.2 Å². The lowest BCUT2D eigenvalue weighted by Gasteiger charge is -2.10. The Morgan fingerprint density at radius 2 is 1.95 bits per heavy atom. The Hall–Kier alpha value is -2.12. The minimum absolute atomic E-state index is 0.0114. The molecule has 0 saturated carbocycles. The third-order valence-corrected chi connectivity index (χ3v) is 4.26. The average molecular weight is 341 g/mol. The molecular formula is C14H13ClN2O4S. The minimum atomic E-state index is -3.88. The van der Waals surface area contributed by atoms with Crippen LogP contribution in [0.15, 0.2) is 47.5 Å². The maximum Gasteiger partial charge on any atom is 0.341 e. The number of anilines is 1. The molecule has 1 N–H and O–H groups in total. The summed E-state index contributed by atoms with van der Waals surface area (Å²) in [4.78, 5) is 15.7. The van der Waals surface area contributed by atoms with Gasteiger partial charge < -0.3 is 4.74 Å². The number of benzene rings is 1. The Balaban J connectivity index is 2.34. The van der Waals surface area contributed by atoms with Gasteiger partial charge in [0.15, 0.2) is 5.82 Å². The fourth-order valence-electron chi connectivity index (χ4n) is 1.66. The molecule has 8 heteroatoms. The lowest BCUT2D eigenvalue weighted by Crippen LogP contribution is -2.17. The van der Waals surface area contributed by atoms with Crippen molar-refractivity contribution in [3.05, 3.63) is 53.2 Å². The summed E-state index contributed by atoms with van der Waals surface area (Å²) in [6.07, 6.45) is 1.38. The van der Waals surface area contributed by atoms with Crippen LogP contribution in [0.1, 0.15) is 17.3 Å². The van der Waals surface area contributed by atoms with E-state index in [1.54, 1.807) is 6.92 Å². The Kier molecular flexibility index (Phi) is 4.99. The number of carbonyl (C=O) groups is 1. The first kappa shape index (κ1) is 16.3. The summed E-state index contributed by atoms with van der Waals surface area (Å²) in [5.41, 5.74) is 0.0434. The molecule has 22 heavy (non-hydrogen) atoms. The van der Waals surface area contributed by atoms with Crippen molar-refractivity contribution < 1.29 is 17.9 Å². The lowest BCUT2D eigenvalue weighted by atomic mass is 10.2. The predicted molar refractivity (Wildman–Crippen MR) is 82.5 cm³/mol. The third kappa shape index (κ3) is 3.75. The van der Waals surface area contributed by atoms with Gasteiger partial charge in [0.2, 0.25) is 0 Å². The zero-order chi connectivity index (χ0) is 16.2. The number of esters is 1. The largest absolute Gasteiger partial charge is 0.462 e. The number of hydrogen-bond acceptors (Lipinski definition) is 5. The van der Waals surface area contributed by atoms with Gasteiger partial charge in [0.25, 0.3) is 10.0 Å². The molecule has 1 heterocycles. The number of sulfonamides is 1. The van der Waals surface area contributed by atoms with E-state index < -0.39 is 16.0 Å². The van der Waals surface area contributed by atoms with E-state index in [9.17, 15) is 13.2 Å². The summed E-state index contributed by atoms with van der Waals surface area (Å²) < 4.78 is 31.8. The second kappa shape index (κ2) is 6.76. The van der Waals surface area contributed by atoms with Crippen LogP contribution < -0.4 is 4.72 Å². The van der Waals surface area contributed by atoms with Crippen LogP contribution in [0.25, 0.3) is 0 Å². The van der Waals surface area contributed by atoms with Gasteiger partial charge in [0.05, 0.1) is 11.5 Å².